The van der Waals surface area contributed by atoms with Crippen molar-refractivity contribution in [1.82, 2.24) is 0 Å². The first-order chi connectivity index (χ1) is 36.9. The van der Waals surface area contributed by atoms with Crippen molar-refractivity contribution < 1.29 is 37.6 Å². The summed E-state index contributed by atoms with van der Waals surface area (Å²) in [4.78, 5) is 26.3. The molecule has 11 rings (SSSR count). The van der Waals surface area contributed by atoms with Crippen LogP contribution in [0.25, 0.3) is 44.6 Å². The largest absolute Gasteiger partial charge is 0.502 e. The number of hydrogen-bond acceptors (Lipinski definition) is 10. The van der Waals surface area contributed by atoms with Gasteiger partial charge in [-0.05, 0) is 88.5 Å². The summed E-state index contributed by atoms with van der Waals surface area (Å²) in [6, 6.07) is 74.0. The van der Waals surface area contributed by atoms with Gasteiger partial charge < -0.3 is 37.6 Å². The second-order valence-corrected chi connectivity index (χ2v) is 17.4. The molecule has 0 atom stereocenters. The summed E-state index contributed by atoms with van der Waals surface area (Å²) in [5, 5.41) is 11.4. The van der Waals surface area contributed by atoms with E-state index in [-0.39, 0.29) is 23.5 Å². The fourth-order valence-electron chi connectivity index (χ4n) is 8.21. The first-order valence-corrected chi connectivity index (χ1v) is 24.4. The van der Waals surface area contributed by atoms with Gasteiger partial charge in [-0.3, -0.25) is 9.59 Å². The third kappa shape index (κ3) is 12.1. The maximum absolute atomic E-state index is 13.6. The highest BCUT2D eigenvalue weighted by Crippen LogP contribution is 2.39. The summed E-state index contributed by atoms with van der Waals surface area (Å²) in [5.74, 6) is 2.28. The Labute approximate surface area is 432 Å². The lowest BCUT2D eigenvalue weighted by Crippen LogP contribution is -2.10. The van der Waals surface area contributed by atoms with Crippen molar-refractivity contribution in [2.75, 3.05) is 0 Å². The quantitative estimate of drug-likeness (QED) is 0.0942. The molecule has 0 unspecified atom stereocenters. The van der Waals surface area contributed by atoms with E-state index in [1.807, 2.05) is 182 Å². The van der Waals surface area contributed by atoms with Crippen LogP contribution in [-0.4, -0.2) is 5.11 Å². The van der Waals surface area contributed by atoms with Crippen molar-refractivity contribution >= 4 is 21.9 Å². The Morgan fingerprint density at radius 1 is 0.320 bits per heavy atom. The lowest BCUT2D eigenvalue weighted by molar-refractivity contribution is 0.256. The van der Waals surface area contributed by atoms with Crippen LogP contribution in [0.1, 0.15) is 27.8 Å². The molecule has 11 aromatic rings. The van der Waals surface area contributed by atoms with Crippen molar-refractivity contribution in [3.05, 3.63) is 285 Å². The molecule has 370 valence electrons. The molecule has 0 aliphatic rings. The van der Waals surface area contributed by atoms with Crippen LogP contribution in [0.2, 0.25) is 0 Å². The maximum atomic E-state index is 13.6. The molecule has 0 saturated carbocycles. The Morgan fingerprint density at radius 2 is 0.640 bits per heavy atom. The Bertz CT molecular complexity index is 3770. The van der Waals surface area contributed by atoms with Gasteiger partial charge in [0, 0.05) is 11.1 Å². The number of para-hydroxylation sites is 2. The van der Waals surface area contributed by atoms with Gasteiger partial charge in [0.25, 0.3) is 0 Å². The van der Waals surface area contributed by atoms with Crippen LogP contribution in [0.5, 0.6) is 34.5 Å². The number of aromatic hydroxyl groups is 1. The number of hydrogen-bond donors (Lipinski definition) is 1. The van der Waals surface area contributed by atoms with Crippen molar-refractivity contribution in [2.24, 2.45) is 0 Å². The predicted molar refractivity (Wildman–Crippen MR) is 291 cm³/mol. The standard InChI is InChI=1S/C36H28O5.C29H22O5/c37-34-30-18-10-11-19-31(30)41-35(36(34)40-25-28-16-8-3-9-17-28)29-20-21-32(38-23-26-12-4-1-5-13-26)33(22-29)39-24-27-14-6-2-7-15-27;30-27-23-13-7-8-14-24(23)34-29(28(27)31)22-15-16-25(32-18-20-9-3-1-4-10-20)26(17-22)33-19-21-11-5-2-6-12-21/h1-22H,23-25H2;1-17,31H,18-19H2. The van der Waals surface area contributed by atoms with Gasteiger partial charge in [0.05, 0.1) is 10.8 Å². The SMILES string of the molecule is O=c1c(O)c(-c2ccc(OCc3ccccc3)c(OCc3ccccc3)c2)oc2ccccc12.O=c1c(OCc2ccccc2)c(-c2ccc(OCc3ccccc3)c(OCc3ccccc3)c2)oc2ccccc12. The van der Waals surface area contributed by atoms with E-state index < -0.39 is 11.2 Å². The van der Waals surface area contributed by atoms with Gasteiger partial charge in [0.1, 0.15) is 44.2 Å². The molecule has 75 heavy (non-hydrogen) atoms. The molecule has 0 amide bonds. The second-order valence-electron chi connectivity index (χ2n) is 17.4. The van der Waals surface area contributed by atoms with Crippen LogP contribution in [0, 0.1) is 0 Å². The van der Waals surface area contributed by atoms with Crippen LogP contribution in [0.15, 0.2) is 255 Å². The van der Waals surface area contributed by atoms with Crippen LogP contribution in [-0.2, 0) is 33.0 Å². The number of benzene rings is 9. The summed E-state index contributed by atoms with van der Waals surface area (Å²) < 4.78 is 43.0. The lowest BCUT2D eigenvalue weighted by Gasteiger charge is -2.16. The summed E-state index contributed by atoms with van der Waals surface area (Å²) in [6.07, 6.45) is 0. The molecular formula is C65H50O10. The minimum absolute atomic E-state index is 0.0860. The van der Waals surface area contributed by atoms with E-state index in [4.69, 9.17) is 32.5 Å². The van der Waals surface area contributed by atoms with Gasteiger partial charge in [0.15, 0.2) is 34.5 Å². The van der Waals surface area contributed by atoms with E-state index >= 15 is 0 Å². The fraction of sp³-hybridized carbons (Fsp3) is 0.0769. The van der Waals surface area contributed by atoms with Gasteiger partial charge >= 0.3 is 0 Å². The van der Waals surface area contributed by atoms with E-state index in [0.717, 1.165) is 27.8 Å². The van der Waals surface area contributed by atoms with Crippen LogP contribution >= 0.6 is 0 Å². The molecule has 0 aliphatic carbocycles. The smallest absolute Gasteiger partial charge is 0.235 e. The number of ether oxygens (including phenoxy) is 5. The Balaban J connectivity index is 0.000000174. The molecule has 10 heteroatoms. The molecule has 0 fully saturated rings. The average molecular weight is 991 g/mol. The van der Waals surface area contributed by atoms with Gasteiger partial charge in [-0.25, -0.2) is 0 Å². The molecule has 0 saturated heterocycles. The Hall–Kier alpha value is -9.80. The van der Waals surface area contributed by atoms with Crippen LogP contribution in [0.3, 0.4) is 0 Å². The van der Waals surface area contributed by atoms with Crippen LogP contribution in [0.4, 0.5) is 0 Å². The van der Waals surface area contributed by atoms with Crippen molar-refractivity contribution in [3.63, 3.8) is 0 Å². The monoisotopic (exact) mass is 990 g/mol. The molecule has 9 aromatic carbocycles. The number of fused-ring (bicyclic) bond motifs is 2. The molecule has 2 aromatic heterocycles. The Kier molecular flexibility index (Phi) is 15.4. The molecule has 2 heterocycles. The highest BCUT2D eigenvalue weighted by atomic mass is 16.5. The molecule has 0 bridgehead atoms. The van der Waals surface area contributed by atoms with Crippen molar-refractivity contribution in [1.29, 1.82) is 0 Å². The van der Waals surface area contributed by atoms with Gasteiger partial charge in [0.2, 0.25) is 22.4 Å². The van der Waals surface area contributed by atoms with E-state index in [1.54, 1.807) is 54.6 Å². The topological polar surface area (TPSA) is 127 Å². The summed E-state index contributed by atoms with van der Waals surface area (Å²) in [6.45, 7) is 1.67. The zero-order valence-corrected chi connectivity index (χ0v) is 40.7. The van der Waals surface area contributed by atoms with E-state index in [2.05, 4.69) is 0 Å². The summed E-state index contributed by atoms with van der Waals surface area (Å²) in [5.41, 5.74) is 6.37. The highest BCUT2D eigenvalue weighted by Gasteiger charge is 2.21. The minimum atomic E-state index is -0.479. The van der Waals surface area contributed by atoms with Gasteiger partial charge in [-0.15, -0.1) is 0 Å². The van der Waals surface area contributed by atoms with Gasteiger partial charge in [-0.1, -0.05) is 176 Å². The van der Waals surface area contributed by atoms with Gasteiger partial charge in [-0.2, -0.15) is 0 Å². The average Bonchev–Trinajstić information content (AvgIpc) is 3.47. The predicted octanol–water partition coefficient (Wildman–Crippen LogP) is 14.5. The third-order valence-electron chi connectivity index (χ3n) is 12.1. The van der Waals surface area contributed by atoms with E-state index in [0.29, 0.717) is 88.3 Å². The summed E-state index contributed by atoms with van der Waals surface area (Å²) in [7, 11) is 0. The minimum Gasteiger partial charge on any atom is -0.502 e. The molecule has 1 N–H and O–H groups in total. The maximum Gasteiger partial charge on any atom is 0.235 e. The number of rotatable bonds is 17. The van der Waals surface area contributed by atoms with Crippen molar-refractivity contribution in [3.8, 4) is 57.1 Å². The zero-order valence-electron chi connectivity index (χ0n) is 40.7. The molecule has 0 aliphatic heterocycles. The highest BCUT2D eigenvalue weighted by molar-refractivity contribution is 5.83. The zero-order chi connectivity index (χ0) is 51.2. The lowest BCUT2D eigenvalue weighted by atomic mass is 10.1. The molecule has 10 nitrogen and oxygen atoms in total. The van der Waals surface area contributed by atoms with E-state index in [1.165, 1.54) is 0 Å². The van der Waals surface area contributed by atoms with E-state index in [9.17, 15) is 14.7 Å². The second kappa shape index (κ2) is 23.6. The normalized spacial score (nSPS) is 10.8. The first kappa shape index (κ1) is 48.8. The summed E-state index contributed by atoms with van der Waals surface area (Å²) >= 11 is 0. The third-order valence-corrected chi connectivity index (χ3v) is 12.1. The molecule has 0 spiro atoms. The fourth-order valence-corrected chi connectivity index (χ4v) is 8.21. The van der Waals surface area contributed by atoms with Crippen molar-refractivity contribution in [2.45, 2.75) is 33.0 Å². The Morgan fingerprint density at radius 3 is 1.05 bits per heavy atom. The first-order valence-electron chi connectivity index (χ1n) is 24.4. The van der Waals surface area contributed by atoms with Crippen LogP contribution < -0.4 is 34.5 Å². The molecule has 0 radical (unpaired) electrons. The molecular weight excluding hydrogens is 941 g/mol.